The molecular weight excluding hydrogens is 789 g/mol. The van der Waals surface area contributed by atoms with Crippen molar-refractivity contribution in [3.8, 4) is 0 Å². The van der Waals surface area contributed by atoms with Gasteiger partial charge < -0.3 is 18.9 Å². The van der Waals surface area contributed by atoms with Gasteiger partial charge in [-0.05, 0) is 114 Å². The summed E-state index contributed by atoms with van der Waals surface area (Å²) < 4.78 is 21.6. The molecule has 7 fully saturated rings. The van der Waals surface area contributed by atoms with Crippen LogP contribution in [-0.2, 0) is 23.7 Å². The smallest absolute Gasteiger partial charge is 0.303 e. The Morgan fingerprint density at radius 2 is 0.969 bits per heavy atom. The van der Waals surface area contributed by atoms with Crippen molar-refractivity contribution < 1.29 is 25.2 Å². The van der Waals surface area contributed by atoms with Crippen LogP contribution < -0.4 is 0 Å². The highest BCUT2D eigenvalue weighted by atomic mass is 16.6. The van der Waals surface area contributed by atoms with Gasteiger partial charge in [-0.25, -0.2) is 0 Å². The standard InChI is InChI=1S/C12H22O.C10H16.C8H14O2.C8H16.C6H12O2.2C5H12.2C2H6.CH4.H2/c1-3-5-9-7-11-12(13-11)8-10(9)6-4-2;1-2-9-7-4-5-8(6-7)10(9)3-1;1-5-3-9-8-6(2)4-10-7(5)8;1-3-5-7-8-6-4-2;1-5(7)8-6(2,3)4;2*1-3-5-4-2;2*1-2;;/h9-12H,3-8H2,1-2H3;7-10H,1-6H2;5-8H,3-4H2,1-2H3;7-8H,3-6H2,1-2H3;1-4H3;2*3-5H2,1-2H3;2*1-2H3;1H4;1H/b;;;8-7-;;;;;;;. The molecule has 2 bridgehead atoms. The number of hydrogen-bond acceptors (Lipinski definition) is 5. The molecule has 0 aromatic heterocycles. The molecule has 3 saturated heterocycles. The predicted octanol–water partition coefficient (Wildman–Crippen LogP) is 19.1. The van der Waals surface area contributed by atoms with Crippen molar-refractivity contribution in [2.24, 2.45) is 47.3 Å². The quantitative estimate of drug-likeness (QED) is 0.111. The molecule has 0 aromatic rings. The normalized spacial score (nSPS) is 30.3. The van der Waals surface area contributed by atoms with Crippen molar-refractivity contribution >= 4 is 5.97 Å². The topological polar surface area (TPSA) is 57.3 Å². The number of rotatable bonds is 12. The molecule has 5 nitrogen and oxygen atoms in total. The Balaban J connectivity index is -0.000000335. The number of ether oxygens (including phenoxy) is 4. The van der Waals surface area contributed by atoms with Crippen LogP contribution >= 0.6 is 0 Å². The van der Waals surface area contributed by atoms with Gasteiger partial charge in [-0.1, -0.05) is 200 Å². The van der Waals surface area contributed by atoms with Gasteiger partial charge in [0.15, 0.2) is 0 Å². The minimum absolute atomic E-state index is 0. The van der Waals surface area contributed by atoms with Gasteiger partial charge in [0.1, 0.15) is 5.60 Å². The van der Waals surface area contributed by atoms with E-state index in [-0.39, 0.29) is 20.4 Å². The zero-order chi connectivity index (χ0) is 48.2. The molecule has 12 atom stereocenters. The highest BCUT2D eigenvalue weighted by Crippen LogP contribution is 2.58. The van der Waals surface area contributed by atoms with Gasteiger partial charge in [-0.15, -0.1) is 0 Å². The molecular formula is C59H122O5. The molecule has 3 heterocycles. The molecule has 12 unspecified atom stereocenters. The number of hydrogen-bond donors (Lipinski definition) is 0. The minimum Gasteiger partial charge on any atom is -0.460 e. The van der Waals surface area contributed by atoms with E-state index in [1.54, 1.807) is 38.5 Å². The predicted molar refractivity (Wildman–Crippen MR) is 287 cm³/mol. The monoisotopic (exact) mass is 911 g/mol. The maximum absolute atomic E-state index is 10.2. The Kier molecular flexibility index (Phi) is 44.4. The molecule has 3 aliphatic heterocycles. The van der Waals surface area contributed by atoms with Crippen LogP contribution in [0.4, 0.5) is 0 Å². The fraction of sp³-hybridized carbons (Fsp3) is 0.949. The van der Waals surface area contributed by atoms with Crippen LogP contribution in [0.1, 0.15) is 275 Å². The molecule has 4 saturated carbocycles. The Morgan fingerprint density at radius 3 is 1.23 bits per heavy atom. The molecule has 0 aromatic carbocycles. The second-order valence-corrected chi connectivity index (χ2v) is 20.4. The van der Waals surface area contributed by atoms with Crippen molar-refractivity contribution in [3.05, 3.63) is 12.2 Å². The summed E-state index contributed by atoms with van der Waals surface area (Å²) >= 11 is 0. The summed E-state index contributed by atoms with van der Waals surface area (Å²) in [5, 5.41) is 0. The lowest BCUT2D eigenvalue weighted by atomic mass is 9.75. The molecule has 388 valence electrons. The number of carbonyl (C=O) groups is 1. The van der Waals surface area contributed by atoms with Crippen LogP contribution in [-0.4, -0.2) is 49.2 Å². The lowest BCUT2D eigenvalue weighted by Crippen LogP contribution is -2.24. The minimum atomic E-state index is -0.328. The van der Waals surface area contributed by atoms with E-state index in [1.165, 1.54) is 133 Å². The average Bonchev–Trinajstić information content (AvgIpc) is 3.84. The van der Waals surface area contributed by atoms with Gasteiger partial charge in [0.25, 0.3) is 0 Å². The van der Waals surface area contributed by atoms with Gasteiger partial charge >= 0.3 is 5.97 Å². The largest absolute Gasteiger partial charge is 0.460 e. The highest BCUT2D eigenvalue weighted by molar-refractivity contribution is 5.66. The van der Waals surface area contributed by atoms with Crippen molar-refractivity contribution in [1.82, 2.24) is 0 Å². The van der Waals surface area contributed by atoms with Gasteiger partial charge in [0, 0.05) is 20.2 Å². The Hall–Kier alpha value is -0.910. The Morgan fingerprint density at radius 1 is 0.594 bits per heavy atom. The van der Waals surface area contributed by atoms with Crippen molar-refractivity contribution in [2.45, 2.75) is 303 Å². The van der Waals surface area contributed by atoms with Crippen LogP contribution in [0.2, 0.25) is 0 Å². The summed E-state index contributed by atoms with van der Waals surface area (Å²) in [5.41, 5.74) is -0.328. The third-order valence-electron chi connectivity index (χ3n) is 13.6. The molecule has 0 radical (unpaired) electrons. The van der Waals surface area contributed by atoms with Crippen LogP contribution in [0.15, 0.2) is 12.2 Å². The summed E-state index contributed by atoms with van der Waals surface area (Å²) in [6.45, 7) is 39.0. The van der Waals surface area contributed by atoms with Crippen molar-refractivity contribution in [2.75, 3.05) is 13.2 Å². The summed E-state index contributed by atoms with van der Waals surface area (Å²) in [6.07, 6.45) is 37.7. The number of epoxide rings is 1. The van der Waals surface area contributed by atoms with Gasteiger partial charge in [0.05, 0.1) is 37.6 Å². The number of carbonyl (C=O) groups excluding carboxylic acids is 1. The van der Waals surface area contributed by atoms with E-state index in [0.717, 1.165) is 25.0 Å². The number of allylic oxidation sites excluding steroid dienone is 2. The van der Waals surface area contributed by atoms with Crippen molar-refractivity contribution in [3.63, 3.8) is 0 Å². The van der Waals surface area contributed by atoms with E-state index < -0.39 is 0 Å². The van der Waals surface area contributed by atoms with E-state index in [4.69, 9.17) is 18.9 Å². The van der Waals surface area contributed by atoms with Crippen molar-refractivity contribution in [1.29, 1.82) is 0 Å². The Bertz CT molecular complexity index is 974. The molecule has 0 N–H and O–H groups in total. The van der Waals surface area contributed by atoms with E-state index in [2.05, 4.69) is 81.4 Å². The fourth-order valence-corrected chi connectivity index (χ4v) is 10.6. The number of esters is 1. The molecule has 0 spiro atoms. The van der Waals surface area contributed by atoms with Crippen LogP contribution in [0.5, 0.6) is 0 Å². The van der Waals surface area contributed by atoms with Crippen LogP contribution in [0, 0.1) is 47.3 Å². The number of fused-ring (bicyclic) bond motifs is 7. The fourth-order valence-electron chi connectivity index (χ4n) is 10.6. The number of unbranched alkanes of at least 4 members (excludes halogenated alkanes) is 6. The third kappa shape index (κ3) is 29.8. The third-order valence-corrected chi connectivity index (χ3v) is 13.6. The second-order valence-electron chi connectivity index (χ2n) is 20.4. The molecule has 4 aliphatic carbocycles. The first-order valence-electron chi connectivity index (χ1n) is 28.0. The first-order valence-corrected chi connectivity index (χ1v) is 28.0. The first-order chi connectivity index (χ1) is 30.2. The van der Waals surface area contributed by atoms with Crippen LogP contribution in [0.25, 0.3) is 0 Å². The van der Waals surface area contributed by atoms with E-state index in [9.17, 15) is 4.79 Å². The summed E-state index contributed by atoms with van der Waals surface area (Å²) in [5.74, 6) is 7.75. The molecule has 5 heteroatoms. The maximum atomic E-state index is 10.2. The molecule has 7 rings (SSSR count). The van der Waals surface area contributed by atoms with Crippen LogP contribution in [0.3, 0.4) is 0 Å². The molecule has 7 aliphatic rings. The van der Waals surface area contributed by atoms with Gasteiger partial charge in [-0.3, -0.25) is 4.79 Å². The first kappa shape index (κ1) is 67.4. The summed E-state index contributed by atoms with van der Waals surface area (Å²) in [6, 6.07) is 0. The summed E-state index contributed by atoms with van der Waals surface area (Å²) in [4.78, 5) is 10.2. The summed E-state index contributed by atoms with van der Waals surface area (Å²) in [7, 11) is 0. The Labute approximate surface area is 405 Å². The highest BCUT2D eigenvalue weighted by Gasteiger charge is 2.49. The van der Waals surface area contributed by atoms with E-state index in [1.807, 2.05) is 48.5 Å². The second kappa shape index (κ2) is 42.2. The van der Waals surface area contributed by atoms with E-state index in [0.29, 0.717) is 36.3 Å². The lowest BCUT2D eigenvalue weighted by Gasteiger charge is -2.28. The molecule has 0 amide bonds. The van der Waals surface area contributed by atoms with E-state index >= 15 is 0 Å². The van der Waals surface area contributed by atoms with Gasteiger partial charge in [-0.2, -0.15) is 0 Å². The average molecular weight is 912 g/mol. The van der Waals surface area contributed by atoms with Gasteiger partial charge in [0.2, 0.25) is 0 Å². The maximum Gasteiger partial charge on any atom is 0.303 e. The zero-order valence-corrected chi connectivity index (χ0v) is 46.1. The lowest BCUT2D eigenvalue weighted by molar-refractivity contribution is -0.151. The molecule has 64 heavy (non-hydrogen) atoms. The SMILES string of the molecule is C.C1CC2C3CCC(C3)C2C1.CC.CC.CC(=O)OC(C)(C)C.CC1COC2C(C)COC12.CCC/C=C\CCC.CCCC1CC2OC2CC1CCC.CCCCC.CCCCC.[HH]. The zero-order valence-electron chi connectivity index (χ0n) is 46.1.